The number of Topliss-reactive ketones (excluding diaryl/α,β-unsaturated/α-hetero) is 1. The highest BCUT2D eigenvalue weighted by Gasteiger charge is 2.12. The van der Waals surface area contributed by atoms with Crippen LogP contribution in [0.15, 0.2) is 42.5 Å². The van der Waals surface area contributed by atoms with Crippen molar-refractivity contribution in [3.05, 3.63) is 53.6 Å². The third kappa shape index (κ3) is 4.32. The average Bonchev–Trinajstić information content (AvgIpc) is 2.54. The van der Waals surface area contributed by atoms with Crippen LogP contribution < -0.4 is 14.8 Å². The summed E-state index contributed by atoms with van der Waals surface area (Å²) in [4.78, 5) is 23.6. The van der Waals surface area contributed by atoms with E-state index < -0.39 is 0 Å². The van der Waals surface area contributed by atoms with Crippen LogP contribution in [-0.4, -0.2) is 25.4 Å². The molecule has 0 spiro atoms. The molecule has 120 valence electrons. The van der Waals surface area contributed by atoms with E-state index in [1.54, 1.807) is 18.2 Å². The van der Waals surface area contributed by atoms with E-state index in [1.165, 1.54) is 14.0 Å². The average molecular weight is 313 g/mol. The Bertz CT molecular complexity index is 725. The van der Waals surface area contributed by atoms with Crippen molar-refractivity contribution in [2.24, 2.45) is 0 Å². The Morgan fingerprint density at radius 3 is 2.52 bits per heavy atom. The molecule has 23 heavy (non-hydrogen) atoms. The molecule has 0 saturated carbocycles. The van der Waals surface area contributed by atoms with Crippen LogP contribution in [0.5, 0.6) is 11.5 Å². The summed E-state index contributed by atoms with van der Waals surface area (Å²) in [5.74, 6) is 0.458. The Labute approximate surface area is 135 Å². The van der Waals surface area contributed by atoms with Gasteiger partial charge in [0, 0.05) is 11.8 Å². The molecule has 2 aromatic carbocycles. The lowest BCUT2D eigenvalue weighted by Gasteiger charge is -2.12. The largest absolute Gasteiger partial charge is 0.497 e. The first-order valence-corrected chi connectivity index (χ1v) is 7.18. The van der Waals surface area contributed by atoms with Gasteiger partial charge in [-0.25, -0.2) is 0 Å². The van der Waals surface area contributed by atoms with Gasteiger partial charge in [-0.15, -0.1) is 0 Å². The van der Waals surface area contributed by atoms with Gasteiger partial charge in [0.2, 0.25) is 0 Å². The molecule has 5 heteroatoms. The first-order valence-electron chi connectivity index (χ1n) is 7.18. The van der Waals surface area contributed by atoms with Crippen molar-refractivity contribution in [3.63, 3.8) is 0 Å². The van der Waals surface area contributed by atoms with E-state index in [9.17, 15) is 9.59 Å². The number of nitrogens with one attached hydrogen (secondary N) is 1. The zero-order chi connectivity index (χ0) is 16.8. The molecule has 0 radical (unpaired) electrons. The lowest BCUT2D eigenvalue weighted by atomic mass is 10.1. The number of hydrogen-bond acceptors (Lipinski definition) is 4. The molecule has 1 amide bonds. The fraction of sp³-hybridized carbons (Fsp3) is 0.222. The highest BCUT2D eigenvalue weighted by molar-refractivity contribution is 5.97. The zero-order valence-electron chi connectivity index (χ0n) is 13.4. The molecular weight excluding hydrogens is 294 g/mol. The number of ether oxygens (including phenoxy) is 2. The maximum atomic E-state index is 12.0. The van der Waals surface area contributed by atoms with Crippen LogP contribution in [0.1, 0.15) is 22.8 Å². The Morgan fingerprint density at radius 1 is 1.13 bits per heavy atom. The normalized spacial score (nSPS) is 10.0. The van der Waals surface area contributed by atoms with E-state index in [1.807, 2.05) is 31.2 Å². The number of hydrogen-bond donors (Lipinski definition) is 1. The van der Waals surface area contributed by atoms with E-state index in [0.29, 0.717) is 17.1 Å². The van der Waals surface area contributed by atoms with Gasteiger partial charge in [-0.3, -0.25) is 9.59 Å². The minimum absolute atomic E-state index is 0.137. The zero-order valence-corrected chi connectivity index (χ0v) is 13.4. The van der Waals surface area contributed by atoms with Gasteiger partial charge in [0.15, 0.2) is 12.4 Å². The van der Waals surface area contributed by atoms with Crippen LogP contribution >= 0.6 is 0 Å². The van der Waals surface area contributed by atoms with Gasteiger partial charge in [-0.2, -0.15) is 0 Å². The van der Waals surface area contributed by atoms with Crippen molar-refractivity contribution in [2.45, 2.75) is 13.8 Å². The predicted octanol–water partition coefficient (Wildman–Crippen LogP) is 3.22. The number of para-hydroxylation sites is 1. The van der Waals surface area contributed by atoms with Crippen molar-refractivity contribution in [1.82, 2.24) is 0 Å². The van der Waals surface area contributed by atoms with E-state index >= 15 is 0 Å². The highest BCUT2D eigenvalue weighted by Crippen LogP contribution is 2.25. The second-order valence-corrected chi connectivity index (χ2v) is 5.07. The van der Waals surface area contributed by atoms with Crippen molar-refractivity contribution < 1.29 is 19.1 Å². The van der Waals surface area contributed by atoms with Gasteiger partial charge in [-0.05, 0) is 37.6 Å². The third-order valence-corrected chi connectivity index (χ3v) is 3.35. The minimum Gasteiger partial charge on any atom is -0.497 e. The molecule has 0 bridgehead atoms. The number of aryl methyl sites for hydroxylation is 1. The number of ketones is 1. The van der Waals surface area contributed by atoms with Crippen LogP contribution in [0.4, 0.5) is 5.69 Å². The van der Waals surface area contributed by atoms with Crippen LogP contribution in [0, 0.1) is 6.92 Å². The van der Waals surface area contributed by atoms with E-state index in [2.05, 4.69) is 5.32 Å². The summed E-state index contributed by atoms with van der Waals surface area (Å²) in [5, 5.41) is 2.78. The van der Waals surface area contributed by atoms with Crippen molar-refractivity contribution >= 4 is 17.4 Å². The maximum Gasteiger partial charge on any atom is 0.262 e. The quantitative estimate of drug-likeness (QED) is 0.832. The number of methoxy groups -OCH3 is 1. The molecule has 2 rings (SSSR count). The Balaban J connectivity index is 2.06. The molecule has 0 fully saturated rings. The molecule has 0 aliphatic rings. The summed E-state index contributed by atoms with van der Waals surface area (Å²) < 4.78 is 10.6. The van der Waals surface area contributed by atoms with Gasteiger partial charge < -0.3 is 14.8 Å². The molecule has 0 aromatic heterocycles. The SMILES string of the molecule is COc1ccc(C(C)=O)c(OCC(=O)Nc2ccccc2C)c1. The molecule has 0 unspecified atom stereocenters. The van der Waals surface area contributed by atoms with Crippen LogP contribution in [0.25, 0.3) is 0 Å². The van der Waals surface area contributed by atoms with Crippen molar-refractivity contribution in [1.29, 1.82) is 0 Å². The second kappa shape index (κ2) is 7.45. The Hall–Kier alpha value is -2.82. The molecule has 0 saturated heterocycles. The van der Waals surface area contributed by atoms with Crippen molar-refractivity contribution in [2.75, 3.05) is 19.0 Å². The summed E-state index contributed by atoms with van der Waals surface area (Å²) in [6.07, 6.45) is 0. The third-order valence-electron chi connectivity index (χ3n) is 3.35. The molecule has 0 atom stereocenters. The van der Waals surface area contributed by atoms with Crippen LogP contribution in [0.2, 0.25) is 0 Å². The number of carbonyl (C=O) groups excluding carboxylic acids is 2. The van der Waals surface area contributed by atoms with Gasteiger partial charge in [0.25, 0.3) is 5.91 Å². The number of amides is 1. The lowest BCUT2D eigenvalue weighted by molar-refractivity contribution is -0.118. The van der Waals surface area contributed by atoms with Crippen molar-refractivity contribution in [3.8, 4) is 11.5 Å². The van der Waals surface area contributed by atoms with Gasteiger partial charge in [-0.1, -0.05) is 18.2 Å². The Morgan fingerprint density at radius 2 is 1.87 bits per heavy atom. The Kier molecular flexibility index (Phi) is 5.36. The first-order chi connectivity index (χ1) is 11.0. The maximum absolute atomic E-state index is 12.0. The highest BCUT2D eigenvalue weighted by atomic mass is 16.5. The molecule has 0 aliphatic carbocycles. The predicted molar refractivity (Wildman–Crippen MR) is 88.3 cm³/mol. The van der Waals surface area contributed by atoms with Gasteiger partial charge in [0.05, 0.1) is 12.7 Å². The van der Waals surface area contributed by atoms with E-state index in [4.69, 9.17) is 9.47 Å². The molecule has 5 nitrogen and oxygen atoms in total. The molecule has 1 N–H and O–H groups in total. The van der Waals surface area contributed by atoms with E-state index in [-0.39, 0.29) is 18.3 Å². The topological polar surface area (TPSA) is 64.6 Å². The summed E-state index contributed by atoms with van der Waals surface area (Å²) in [5.41, 5.74) is 2.11. The summed E-state index contributed by atoms with van der Waals surface area (Å²) in [7, 11) is 1.53. The number of rotatable bonds is 6. The number of benzene rings is 2. The standard InChI is InChI=1S/C18H19NO4/c1-12-6-4-5-7-16(12)19-18(21)11-23-17-10-14(22-3)8-9-15(17)13(2)20/h4-10H,11H2,1-3H3,(H,19,21). The molecule has 0 aliphatic heterocycles. The molecular formula is C18H19NO4. The fourth-order valence-corrected chi connectivity index (χ4v) is 2.08. The smallest absolute Gasteiger partial charge is 0.262 e. The van der Waals surface area contributed by atoms with Crippen LogP contribution in [0.3, 0.4) is 0 Å². The fourth-order valence-electron chi connectivity index (χ4n) is 2.08. The summed E-state index contributed by atoms with van der Waals surface area (Å²) in [6, 6.07) is 12.4. The summed E-state index contributed by atoms with van der Waals surface area (Å²) in [6.45, 7) is 3.16. The number of anilines is 1. The molecule has 2 aromatic rings. The molecule has 0 heterocycles. The van der Waals surface area contributed by atoms with E-state index in [0.717, 1.165) is 11.3 Å². The summed E-state index contributed by atoms with van der Waals surface area (Å²) >= 11 is 0. The lowest BCUT2D eigenvalue weighted by Crippen LogP contribution is -2.21. The second-order valence-electron chi connectivity index (χ2n) is 5.07. The first kappa shape index (κ1) is 16.5. The van der Waals surface area contributed by atoms with Gasteiger partial charge in [0.1, 0.15) is 11.5 Å². The number of carbonyl (C=O) groups is 2. The van der Waals surface area contributed by atoms with Crippen LogP contribution in [-0.2, 0) is 4.79 Å². The monoisotopic (exact) mass is 313 g/mol. The van der Waals surface area contributed by atoms with Gasteiger partial charge >= 0.3 is 0 Å². The minimum atomic E-state index is -0.295.